The fourth-order valence-electron chi connectivity index (χ4n) is 2.83. The average molecular weight is 473 g/mol. The summed E-state index contributed by atoms with van der Waals surface area (Å²) in [4.78, 5) is 19.9. The van der Waals surface area contributed by atoms with Crippen LogP contribution in [0.3, 0.4) is 0 Å². The number of benzene rings is 1. The smallest absolute Gasteiger partial charge is 0.368 e. The van der Waals surface area contributed by atoms with E-state index >= 15 is 0 Å². The molecule has 1 aromatic heterocycles. The molecule has 11 heteroatoms. The van der Waals surface area contributed by atoms with E-state index < -0.39 is 17.6 Å². The van der Waals surface area contributed by atoms with E-state index in [-0.39, 0.29) is 39.0 Å². The normalized spacial score (nSPS) is 15.1. The maximum absolute atomic E-state index is 12.9. The topological polar surface area (TPSA) is 36.4 Å². The Kier molecular flexibility index (Phi) is 6.20. The number of pyridine rings is 1. The predicted molar refractivity (Wildman–Crippen MR) is 104 cm³/mol. The van der Waals surface area contributed by atoms with Crippen LogP contribution in [0.5, 0.6) is 0 Å². The molecule has 0 saturated carbocycles. The summed E-state index contributed by atoms with van der Waals surface area (Å²) in [5, 5.41) is -0.336. The minimum absolute atomic E-state index is 0.0424. The molecule has 0 N–H and O–H groups in total. The first kappa shape index (κ1) is 21.3. The van der Waals surface area contributed by atoms with Crippen LogP contribution in [0, 0.1) is 0 Å². The molecule has 0 bridgehead atoms. The first-order chi connectivity index (χ1) is 13.1. The zero-order chi connectivity index (χ0) is 20.6. The SMILES string of the molecule is O=C(c1nc(Cl)c(Cl)c(Cl)c1Cl)N1CCN(c2cccc(C(F)(F)F)c2)CC1. The third kappa shape index (κ3) is 4.27. The Labute approximate surface area is 178 Å². The van der Waals surface area contributed by atoms with Crippen molar-refractivity contribution in [3.05, 3.63) is 55.7 Å². The molecule has 2 heterocycles. The van der Waals surface area contributed by atoms with E-state index in [1.807, 2.05) is 0 Å². The van der Waals surface area contributed by atoms with E-state index in [4.69, 9.17) is 46.4 Å². The molecule has 1 saturated heterocycles. The van der Waals surface area contributed by atoms with Crippen LogP contribution in [0.15, 0.2) is 24.3 Å². The second-order valence-electron chi connectivity index (χ2n) is 6.02. The van der Waals surface area contributed by atoms with Crippen molar-refractivity contribution in [1.82, 2.24) is 9.88 Å². The number of carbonyl (C=O) groups excluding carboxylic acids is 1. The Bertz CT molecular complexity index is 915. The van der Waals surface area contributed by atoms with Gasteiger partial charge >= 0.3 is 6.18 Å². The molecule has 0 spiro atoms. The Balaban J connectivity index is 1.74. The maximum atomic E-state index is 12.9. The second kappa shape index (κ2) is 8.14. The first-order valence-corrected chi connectivity index (χ1v) is 9.52. The second-order valence-corrected chi connectivity index (χ2v) is 7.51. The average Bonchev–Trinajstić information content (AvgIpc) is 2.68. The molecule has 28 heavy (non-hydrogen) atoms. The molecular formula is C17H12Cl4F3N3O. The molecule has 1 amide bonds. The van der Waals surface area contributed by atoms with E-state index in [0.717, 1.165) is 12.1 Å². The van der Waals surface area contributed by atoms with Crippen LogP contribution in [0.25, 0.3) is 0 Å². The molecule has 0 atom stereocenters. The van der Waals surface area contributed by atoms with Crippen LogP contribution in [0.1, 0.15) is 16.1 Å². The Morgan fingerprint density at radius 2 is 1.61 bits per heavy atom. The van der Waals surface area contributed by atoms with E-state index in [1.54, 1.807) is 11.0 Å². The summed E-state index contributed by atoms with van der Waals surface area (Å²) in [6.45, 7) is 1.23. The number of hydrogen-bond donors (Lipinski definition) is 0. The molecule has 2 aromatic rings. The predicted octanol–water partition coefficient (Wildman–Crippen LogP) is 5.68. The van der Waals surface area contributed by atoms with Gasteiger partial charge in [-0.3, -0.25) is 4.79 Å². The molecule has 0 unspecified atom stereocenters. The van der Waals surface area contributed by atoms with Crippen LogP contribution < -0.4 is 4.90 Å². The molecule has 150 valence electrons. The number of aromatic nitrogens is 1. The van der Waals surface area contributed by atoms with Gasteiger partial charge in [-0.15, -0.1) is 0 Å². The summed E-state index contributed by atoms with van der Waals surface area (Å²) in [6.07, 6.45) is -4.41. The summed E-state index contributed by atoms with van der Waals surface area (Å²) in [6, 6.07) is 5.07. The minimum Gasteiger partial charge on any atom is -0.368 e. The summed E-state index contributed by atoms with van der Waals surface area (Å²) in [5.41, 5.74) is -0.394. The third-order valence-electron chi connectivity index (χ3n) is 4.29. The number of hydrogen-bond acceptors (Lipinski definition) is 3. The van der Waals surface area contributed by atoms with Gasteiger partial charge in [0.25, 0.3) is 5.91 Å². The minimum atomic E-state index is -4.41. The van der Waals surface area contributed by atoms with Crippen molar-refractivity contribution in [3.8, 4) is 0 Å². The van der Waals surface area contributed by atoms with Crippen LogP contribution in [0.2, 0.25) is 20.2 Å². The molecule has 1 aromatic carbocycles. The standard InChI is InChI=1S/C17H12Cl4F3N3O/c18-11-12(19)14(25-15(21)13(11)20)16(28)27-6-4-26(5-7-27)10-3-1-2-9(8-10)17(22,23)24/h1-3,8H,4-7H2. The van der Waals surface area contributed by atoms with Gasteiger partial charge in [-0.1, -0.05) is 52.5 Å². The van der Waals surface area contributed by atoms with Crippen molar-refractivity contribution in [2.45, 2.75) is 6.18 Å². The highest BCUT2D eigenvalue weighted by molar-refractivity contribution is 6.52. The molecule has 4 nitrogen and oxygen atoms in total. The molecule has 1 fully saturated rings. The summed E-state index contributed by atoms with van der Waals surface area (Å²) in [7, 11) is 0. The quantitative estimate of drug-likeness (QED) is 0.528. The van der Waals surface area contributed by atoms with E-state index in [1.165, 1.54) is 11.0 Å². The molecule has 1 aliphatic rings. The summed E-state index contributed by atoms with van der Waals surface area (Å²) >= 11 is 23.8. The third-order valence-corrected chi connectivity index (χ3v) is 5.97. The number of carbonyl (C=O) groups is 1. The largest absolute Gasteiger partial charge is 0.416 e. The highest BCUT2D eigenvalue weighted by Gasteiger charge is 2.32. The Morgan fingerprint density at radius 1 is 0.964 bits per heavy atom. The van der Waals surface area contributed by atoms with E-state index in [9.17, 15) is 18.0 Å². The van der Waals surface area contributed by atoms with Crippen molar-refractivity contribution < 1.29 is 18.0 Å². The highest BCUT2D eigenvalue weighted by Crippen LogP contribution is 2.37. The number of piperazine rings is 1. The first-order valence-electron chi connectivity index (χ1n) is 8.01. The van der Waals surface area contributed by atoms with Gasteiger partial charge < -0.3 is 9.80 Å². The van der Waals surface area contributed by atoms with Gasteiger partial charge in [-0.25, -0.2) is 4.98 Å². The van der Waals surface area contributed by atoms with Crippen LogP contribution in [-0.2, 0) is 6.18 Å². The Hall–Kier alpha value is -1.41. The zero-order valence-electron chi connectivity index (χ0n) is 14.0. The van der Waals surface area contributed by atoms with E-state index in [2.05, 4.69) is 4.98 Å². The number of anilines is 1. The van der Waals surface area contributed by atoms with Gasteiger partial charge in [0, 0.05) is 31.9 Å². The highest BCUT2D eigenvalue weighted by atomic mass is 35.5. The lowest BCUT2D eigenvalue weighted by Crippen LogP contribution is -2.49. The molecule has 0 aliphatic carbocycles. The number of rotatable bonds is 2. The number of alkyl halides is 3. The zero-order valence-corrected chi connectivity index (χ0v) is 17.1. The van der Waals surface area contributed by atoms with Crippen molar-refractivity contribution >= 4 is 58.0 Å². The monoisotopic (exact) mass is 471 g/mol. The lowest BCUT2D eigenvalue weighted by Gasteiger charge is -2.36. The molecular weight excluding hydrogens is 461 g/mol. The van der Waals surface area contributed by atoms with Crippen molar-refractivity contribution in [1.29, 1.82) is 0 Å². The van der Waals surface area contributed by atoms with Crippen LogP contribution >= 0.6 is 46.4 Å². The van der Waals surface area contributed by atoms with Gasteiger partial charge in [-0.05, 0) is 18.2 Å². The number of amides is 1. The van der Waals surface area contributed by atoms with Gasteiger partial charge in [-0.2, -0.15) is 13.2 Å². The Morgan fingerprint density at radius 3 is 2.21 bits per heavy atom. The lowest BCUT2D eigenvalue weighted by atomic mass is 10.1. The van der Waals surface area contributed by atoms with Gasteiger partial charge in [0.1, 0.15) is 10.8 Å². The molecule has 0 radical (unpaired) electrons. The fraction of sp³-hybridized carbons (Fsp3) is 0.294. The maximum Gasteiger partial charge on any atom is 0.416 e. The van der Waals surface area contributed by atoms with E-state index in [0.29, 0.717) is 18.8 Å². The number of halogens is 7. The summed E-state index contributed by atoms with van der Waals surface area (Å²) in [5.74, 6) is -0.478. The van der Waals surface area contributed by atoms with Gasteiger partial charge in [0.2, 0.25) is 0 Å². The van der Waals surface area contributed by atoms with Crippen LogP contribution in [0.4, 0.5) is 18.9 Å². The number of nitrogens with zero attached hydrogens (tertiary/aromatic N) is 3. The van der Waals surface area contributed by atoms with Gasteiger partial charge in [0.15, 0.2) is 0 Å². The van der Waals surface area contributed by atoms with Crippen molar-refractivity contribution in [3.63, 3.8) is 0 Å². The lowest BCUT2D eigenvalue weighted by molar-refractivity contribution is -0.137. The summed E-state index contributed by atoms with van der Waals surface area (Å²) < 4.78 is 38.7. The van der Waals surface area contributed by atoms with Crippen LogP contribution in [-0.4, -0.2) is 42.0 Å². The fourth-order valence-corrected chi connectivity index (χ4v) is 3.63. The van der Waals surface area contributed by atoms with Crippen molar-refractivity contribution in [2.24, 2.45) is 0 Å². The molecule has 3 rings (SSSR count). The van der Waals surface area contributed by atoms with Gasteiger partial charge in [0.05, 0.1) is 20.6 Å². The molecule has 1 aliphatic heterocycles. The van der Waals surface area contributed by atoms with Crippen molar-refractivity contribution in [2.75, 3.05) is 31.1 Å².